The Bertz CT molecular complexity index is 641. The molecule has 0 aromatic heterocycles. The van der Waals surface area contributed by atoms with E-state index in [1.54, 1.807) is 0 Å². The molecule has 2 aliphatic heterocycles. The number of nitrogens with zero attached hydrogens (tertiary/aromatic N) is 2. The van der Waals surface area contributed by atoms with E-state index in [2.05, 4.69) is 36.1 Å². The van der Waals surface area contributed by atoms with E-state index in [1.807, 2.05) is 0 Å². The molecule has 2 N–H and O–H groups in total. The van der Waals surface area contributed by atoms with Crippen LogP contribution in [0, 0.1) is 0 Å². The highest BCUT2D eigenvalue weighted by atomic mass is 16.3. The lowest BCUT2D eigenvalue weighted by atomic mass is 9.71. The van der Waals surface area contributed by atoms with Crippen LogP contribution >= 0.6 is 0 Å². The first-order valence-electron chi connectivity index (χ1n) is 9.32. The molecular weight excluding hydrogens is 300 g/mol. The SMILES string of the molecule is CC1=Nc2ccccc2C12CCN(CC(O)C1(O)CCCC1)CC2. The summed E-state index contributed by atoms with van der Waals surface area (Å²) in [4.78, 5) is 7.12. The van der Waals surface area contributed by atoms with Crippen LogP contribution < -0.4 is 0 Å². The van der Waals surface area contributed by atoms with Crippen molar-refractivity contribution in [1.82, 2.24) is 4.90 Å². The zero-order chi connectivity index (χ0) is 16.8. The minimum Gasteiger partial charge on any atom is -0.389 e. The van der Waals surface area contributed by atoms with E-state index in [-0.39, 0.29) is 5.41 Å². The summed E-state index contributed by atoms with van der Waals surface area (Å²) >= 11 is 0. The van der Waals surface area contributed by atoms with Gasteiger partial charge in [0, 0.05) is 17.7 Å². The summed E-state index contributed by atoms with van der Waals surface area (Å²) in [6.07, 6.45) is 5.01. The molecule has 2 heterocycles. The summed E-state index contributed by atoms with van der Waals surface area (Å²) in [5, 5.41) is 21.1. The van der Waals surface area contributed by atoms with Gasteiger partial charge in [0.1, 0.15) is 0 Å². The second-order valence-electron chi connectivity index (χ2n) is 7.92. The monoisotopic (exact) mass is 328 g/mol. The molecule has 1 aliphatic carbocycles. The van der Waals surface area contributed by atoms with E-state index in [1.165, 1.54) is 11.3 Å². The molecule has 0 bridgehead atoms. The van der Waals surface area contributed by atoms with Crippen molar-refractivity contribution >= 4 is 11.4 Å². The third-order valence-electron chi connectivity index (χ3n) is 6.63. The van der Waals surface area contributed by atoms with Crippen molar-refractivity contribution in [2.45, 2.75) is 62.6 Å². The summed E-state index contributed by atoms with van der Waals surface area (Å²) < 4.78 is 0. The molecule has 1 spiro atoms. The van der Waals surface area contributed by atoms with Crippen LogP contribution in [0.25, 0.3) is 0 Å². The van der Waals surface area contributed by atoms with Gasteiger partial charge in [-0.2, -0.15) is 0 Å². The number of aliphatic hydroxyl groups excluding tert-OH is 1. The number of piperidine rings is 1. The zero-order valence-electron chi connectivity index (χ0n) is 14.5. The second-order valence-corrected chi connectivity index (χ2v) is 7.92. The van der Waals surface area contributed by atoms with E-state index in [9.17, 15) is 10.2 Å². The lowest BCUT2D eigenvalue weighted by Crippen LogP contribution is -2.51. The number of hydrogen-bond acceptors (Lipinski definition) is 4. The molecule has 0 radical (unpaired) electrons. The fourth-order valence-corrected chi connectivity index (χ4v) is 4.94. The molecule has 1 aromatic carbocycles. The van der Waals surface area contributed by atoms with E-state index in [0.29, 0.717) is 6.54 Å². The number of para-hydroxylation sites is 1. The van der Waals surface area contributed by atoms with E-state index < -0.39 is 11.7 Å². The zero-order valence-corrected chi connectivity index (χ0v) is 14.5. The fraction of sp³-hybridized carbons (Fsp3) is 0.650. The molecule has 1 saturated carbocycles. The minimum absolute atomic E-state index is 0.0856. The molecule has 1 saturated heterocycles. The van der Waals surface area contributed by atoms with Crippen molar-refractivity contribution in [2.75, 3.05) is 19.6 Å². The first-order valence-corrected chi connectivity index (χ1v) is 9.32. The maximum atomic E-state index is 10.6. The fourth-order valence-electron chi connectivity index (χ4n) is 4.94. The molecule has 4 rings (SSSR count). The average Bonchev–Trinajstić information content (AvgIpc) is 3.14. The van der Waals surface area contributed by atoms with Crippen LogP contribution in [0.2, 0.25) is 0 Å². The summed E-state index contributed by atoms with van der Waals surface area (Å²) in [5.41, 5.74) is 2.97. The first kappa shape index (κ1) is 16.2. The van der Waals surface area contributed by atoms with Crippen molar-refractivity contribution in [3.63, 3.8) is 0 Å². The van der Waals surface area contributed by atoms with Crippen LogP contribution in [0.4, 0.5) is 5.69 Å². The van der Waals surface area contributed by atoms with E-state index in [4.69, 9.17) is 4.99 Å². The molecule has 4 nitrogen and oxygen atoms in total. The lowest BCUT2D eigenvalue weighted by Gasteiger charge is -2.42. The summed E-state index contributed by atoms with van der Waals surface area (Å²) in [6.45, 7) is 4.65. The van der Waals surface area contributed by atoms with Crippen molar-refractivity contribution in [1.29, 1.82) is 0 Å². The molecule has 1 unspecified atom stereocenters. The van der Waals surface area contributed by atoms with Gasteiger partial charge in [-0.1, -0.05) is 31.0 Å². The Labute approximate surface area is 144 Å². The van der Waals surface area contributed by atoms with Crippen LogP contribution in [0.3, 0.4) is 0 Å². The largest absolute Gasteiger partial charge is 0.389 e. The highest BCUT2D eigenvalue weighted by Crippen LogP contribution is 2.46. The smallest absolute Gasteiger partial charge is 0.0953 e. The van der Waals surface area contributed by atoms with Gasteiger partial charge in [-0.3, -0.25) is 4.99 Å². The topological polar surface area (TPSA) is 56.1 Å². The molecule has 2 fully saturated rings. The second kappa shape index (κ2) is 5.94. The Kier molecular flexibility index (Phi) is 4.02. The summed E-state index contributed by atoms with van der Waals surface area (Å²) in [5.74, 6) is 0. The third-order valence-corrected chi connectivity index (χ3v) is 6.63. The number of aliphatic imine (C=N–C) groups is 1. The number of rotatable bonds is 3. The number of fused-ring (bicyclic) bond motifs is 2. The van der Waals surface area contributed by atoms with Crippen molar-refractivity contribution in [3.8, 4) is 0 Å². The van der Waals surface area contributed by atoms with Crippen LogP contribution in [-0.2, 0) is 5.41 Å². The van der Waals surface area contributed by atoms with Gasteiger partial charge in [0.05, 0.1) is 17.4 Å². The molecule has 0 amide bonds. The van der Waals surface area contributed by atoms with Crippen molar-refractivity contribution in [3.05, 3.63) is 29.8 Å². The first-order chi connectivity index (χ1) is 11.5. The van der Waals surface area contributed by atoms with Gasteiger partial charge in [-0.25, -0.2) is 0 Å². The molecule has 130 valence electrons. The van der Waals surface area contributed by atoms with Crippen LogP contribution in [0.1, 0.15) is 51.0 Å². The maximum absolute atomic E-state index is 10.6. The molecule has 3 aliphatic rings. The van der Waals surface area contributed by atoms with Crippen molar-refractivity contribution < 1.29 is 10.2 Å². The Hall–Kier alpha value is -1.23. The number of benzene rings is 1. The van der Waals surface area contributed by atoms with Crippen LogP contribution in [0.15, 0.2) is 29.3 Å². The lowest BCUT2D eigenvalue weighted by molar-refractivity contribution is -0.0837. The Morgan fingerprint density at radius 3 is 2.50 bits per heavy atom. The number of aliphatic hydroxyl groups is 2. The average molecular weight is 328 g/mol. The van der Waals surface area contributed by atoms with Gasteiger partial charge < -0.3 is 15.1 Å². The Morgan fingerprint density at radius 1 is 1.12 bits per heavy atom. The molecular formula is C20H28N2O2. The number of likely N-dealkylation sites (tertiary alicyclic amines) is 1. The number of β-amino-alcohol motifs (C(OH)–C–C–N with tert-alkyl or cyclic N) is 1. The predicted octanol–water partition coefficient (Wildman–Crippen LogP) is 2.79. The van der Waals surface area contributed by atoms with Gasteiger partial charge >= 0.3 is 0 Å². The predicted molar refractivity (Wildman–Crippen MR) is 96.0 cm³/mol. The minimum atomic E-state index is -0.855. The normalized spacial score (nSPS) is 26.4. The van der Waals surface area contributed by atoms with Gasteiger partial charge in [0.25, 0.3) is 0 Å². The maximum Gasteiger partial charge on any atom is 0.0953 e. The Morgan fingerprint density at radius 2 is 1.79 bits per heavy atom. The Balaban J connectivity index is 1.43. The quantitative estimate of drug-likeness (QED) is 0.897. The summed E-state index contributed by atoms with van der Waals surface area (Å²) in [6, 6.07) is 8.50. The van der Waals surface area contributed by atoms with Gasteiger partial charge in [-0.15, -0.1) is 0 Å². The molecule has 24 heavy (non-hydrogen) atoms. The van der Waals surface area contributed by atoms with Gasteiger partial charge in [0.15, 0.2) is 0 Å². The molecule has 4 heteroatoms. The molecule has 1 aromatic rings. The summed E-state index contributed by atoms with van der Waals surface area (Å²) in [7, 11) is 0. The number of hydrogen-bond donors (Lipinski definition) is 2. The van der Waals surface area contributed by atoms with E-state index in [0.717, 1.165) is 57.3 Å². The van der Waals surface area contributed by atoms with Gasteiger partial charge in [0.2, 0.25) is 0 Å². The van der Waals surface area contributed by atoms with Crippen molar-refractivity contribution in [2.24, 2.45) is 4.99 Å². The highest BCUT2D eigenvalue weighted by Gasteiger charge is 2.45. The van der Waals surface area contributed by atoms with Crippen LogP contribution in [-0.4, -0.2) is 52.2 Å². The van der Waals surface area contributed by atoms with E-state index >= 15 is 0 Å². The molecule has 1 atom stereocenters. The van der Waals surface area contributed by atoms with Crippen LogP contribution in [0.5, 0.6) is 0 Å². The van der Waals surface area contributed by atoms with Gasteiger partial charge in [-0.05, 0) is 57.3 Å². The highest BCUT2D eigenvalue weighted by molar-refractivity contribution is 6.00. The standard InChI is InChI=1S/C20H28N2O2/c1-15-19(16-6-2-3-7-17(16)21-15)10-12-22(13-11-19)14-18(23)20(24)8-4-5-9-20/h2-3,6-7,18,23-24H,4-5,8-14H2,1H3. The third kappa shape index (κ3) is 2.52.